The fraction of sp³-hybridized carbons (Fsp3) is 0.455. The van der Waals surface area contributed by atoms with Gasteiger partial charge in [0, 0.05) is 10.9 Å². The molecule has 1 rings (SSSR count). The van der Waals surface area contributed by atoms with Crippen LogP contribution in [0.15, 0.2) is 29.4 Å². The zero-order valence-corrected chi connectivity index (χ0v) is 14.5. The van der Waals surface area contributed by atoms with Crippen molar-refractivity contribution >= 4 is 27.9 Å². The molecule has 0 spiro atoms. The summed E-state index contributed by atoms with van der Waals surface area (Å²) in [6.45, 7) is 4.26. The molecular formula is C11H16N2OS2Y+. The van der Waals surface area contributed by atoms with Gasteiger partial charge in [0.05, 0.1) is 0 Å². The summed E-state index contributed by atoms with van der Waals surface area (Å²) in [5.41, 5.74) is 0. The molecule has 2 N–H and O–H groups in total. The number of pyridine rings is 1. The number of nitrogens with two attached hydrogens (primary N) is 1. The number of rotatable bonds is 6. The van der Waals surface area contributed by atoms with E-state index >= 15 is 0 Å². The molecule has 0 aliphatic carbocycles. The van der Waals surface area contributed by atoms with Gasteiger partial charge in [-0.2, -0.15) is 6.42 Å². The Morgan fingerprint density at radius 1 is 1.41 bits per heavy atom. The van der Waals surface area contributed by atoms with Gasteiger partial charge in [0.2, 0.25) is 0 Å². The summed E-state index contributed by atoms with van der Waals surface area (Å²) in [5, 5.41) is 1.01. The van der Waals surface area contributed by atoms with Gasteiger partial charge in [0.15, 0.2) is 0 Å². The van der Waals surface area contributed by atoms with Crippen LogP contribution in [0.5, 0.6) is 0 Å². The molecule has 0 saturated carbocycles. The normalized spacial score (nSPS) is 10.0. The second-order valence-electron chi connectivity index (χ2n) is 3.74. The van der Waals surface area contributed by atoms with Gasteiger partial charge >= 0.3 is 32.7 Å². The van der Waals surface area contributed by atoms with E-state index in [9.17, 15) is 4.79 Å². The number of hydrogen-bond acceptors (Lipinski definition) is 4. The molecule has 0 unspecified atom stereocenters. The molecule has 0 atom stereocenters. The molecule has 1 aromatic rings. The minimum absolute atomic E-state index is 0. The predicted octanol–water partition coefficient (Wildman–Crippen LogP) is 4.21. The summed E-state index contributed by atoms with van der Waals surface area (Å²) < 4.78 is 0.0829. The van der Waals surface area contributed by atoms with Crippen molar-refractivity contribution in [2.75, 3.05) is 0 Å². The Kier molecular flexibility index (Phi) is 12.3. The van der Waals surface area contributed by atoms with Crippen LogP contribution in [0.1, 0.15) is 26.7 Å². The van der Waals surface area contributed by atoms with Crippen LogP contribution < -0.4 is 0 Å². The van der Waals surface area contributed by atoms with Gasteiger partial charge in [-0.05, 0) is 36.8 Å². The average Bonchev–Trinajstić information content (AvgIpc) is 2.25. The number of aromatic nitrogens is 1. The molecule has 0 aliphatic heterocycles. The Balaban J connectivity index is 0. The van der Waals surface area contributed by atoms with Crippen molar-refractivity contribution in [3.63, 3.8) is 0 Å². The van der Waals surface area contributed by atoms with Gasteiger partial charge in [-0.3, -0.25) is 6.29 Å². The van der Waals surface area contributed by atoms with Crippen LogP contribution in [-0.2, 0) is 37.5 Å². The van der Waals surface area contributed by atoms with Crippen molar-refractivity contribution in [1.82, 2.24) is 4.98 Å². The molecule has 0 saturated heterocycles. The van der Waals surface area contributed by atoms with Gasteiger partial charge in [0.1, 0.15) is 5.03 Å². The minimum atomic E-state index is 0. The van der Waals surface area contributed by atoms with Crippen molar-refractivity contribution in [1.29, 1.82) is 0 Å². The van der Waals surface area contributed by atoms with Crippen LogP contribution in [0.4, 0.5) is 0 Å². The summed E-state index contributed by atoms with van der Waals surface area (Å²) >= 11 is 0. The Bertz CT molecular complexity index is 310. The van der Waals surface area contributed by atoms with Gasteiger partial charge in [0.25, 0.3) is 0 Å². The Morgan fingerprint density at radius 3 is 2.65 bits per heavy atom. The first-order chi connectivity index (χ1) is 7.14. The van der Waals surface area contributed by atoms with E-state index in [0.29, 0.717) is 6.42 Å². The summed E-state index contributed by atoms with van der Waals surface area (Å²) in [6, 6.07) is 5.86. The maximum absolute atomic E-state index is 10.2. The monoisotopic (exact) mass is 345 g/mol. The van der Waals surface area contributed by atoms with Crippen molar-refractivity contribution in [3.8, 4) is 0 Å². The first-order valence-corrected chi connectivity index (χ1v) is 6.91. The first kappa shape index (κ1) is 19.9. The van der Waals surface area contributed by atoms with Crippen LogP contribution >= 0.6 is 21.6 Å². The standard InChI is InChI=1S/C11H14NOS2.H2N.Y/c1-11(2,7-5-9-13)15-14-10-6-3-4-8-12-10;;/h3-4,6,8H,5,7H2,1-2H3;1H2;/q2*-1;+3. The van der Waals surface area contributed by atoms with E-state index in [4.69, 9.17) is 0 Å². The molecule has 0 aromatic carbocycles. The predicted molar refractivity (Wildman–Crippen MR) is 72.0 cm³/mol. The summed E-state index contributed by atoms with van der Waals surface area (Å²) in [4.78, 5) is 14.4. The van der Waals surface area contributed by atoms with Crippen molar-refractivity contribution in [2.24, 2.45) is 0 Å². The largest absolute Gasteiger partial charge is 3.00 e. The van der Waals surface area contributed by atoms with Crippen molar-refractivity contribution in [2.45, 2.75) is 36.5 Å². The maximum Gasteiger partial charge on any atom is 3.00 e. The minimum Gasteiger partial charge on any atom is -0.693 e. The smallest absolute Gasteiger partial charge is 0.693 e. The molecular weight excluding hydrogens is 329 g/mol. The fourth-order valence-corrected chi connectivity index (χ4v) is 3.16. The molecule has 0 fully saturated rings. The number of nitrogens with zero attached hydrogens (tertiary/aromatic N) is 1. The number of hydrogen-bond donors (Lipinski definition) is 0. The molecule has 0 bridgehead atoms. The molecule has 90 valence electrons. The van der Waals surface area contributed by atoms with Gasteiger partial charge in [-0.25, -0.2) is 4.98 Å². The van der Waals surface area contributed by atoms with Gasteiger partial charge in [-0.15, -0.1) is 0 Å². The third-order valence-electron chi connectivity index (χ3n) is 1.82. The van der Waals surface area contributed by atoms with E-state index in [2.05, 4.69) is 18.8 Å². The third-order valence-corrected chi connectivity index (χ3v) is 5.09. The number of carbonyl (C=O) groups excluding carboxylic acids is 1. The summed E-state index contributed by atoms with van der Waals surface area (Å²) in [7, 11) is 3.40. The van der Waals surface area contributed by atoms with Gasteiger partial charge in [-0.1, -0.05) is 23.3 Å². The van der Waals surface area contributed by atoms with Crippen LogP contribution in [0, 0.1) is 0 Å². The average molecular weight is 345 g/mol. The van der Waals surface area contributed by atoms with E-state index in [1.165, 1.54) is 0 Å². The van der Waals surface area contributed by atoms with E-state index < -0.39 is 0 Å². The van der Waals surface area contributed by atoms with Crippen LogP contribution in [-0.4, -0.2) is 16.0 Å². The second kappa shape index (κ2) is 10.5. The molecule has 0 amide bonds. The molecule has 17 heavy (non-hydrogen) atoms. The van der Waals surface area contributed by atoms with E-state index in [1.807, 2.05) is 24.5 Å². The molecule has 1 heterocycles. The summed E-state index contributed by atoms with van der Waals surface area (Å²) in [5.74, 6) is 0. The zero-order valence-electron chi connectivity index (χ0n) is 10.1. The molecule has 0 radical (unpaired) electrons. The van der Waals surface area contributed by atoms with Gasteiger partial charge < -0.3 is 10.9 Å². The third kappa shape index (κ3) is 9.20. The quantitative estimate of drug-likeness (QED) is 0.572. The second-order valence-corrected chi connectivity index (χ2v) is 6.60. The zero-order chi connectivity index (χ0) is 11.1. The fourth-order valence-electron chi connectivity index (χ4n) is 0.946. The molecule has 6 heteroatoms. The first-order valence-electron chi connectivity index (χ1n) is 4.76. The maximum atomic E-state index is 10.2. The van der Waals surface area contributed by atoms with Crippen LogP contribution in [0.3, 0.4) is 0 Å². The van der Waals surface area contributed by atoms with E-state index in [-0.39, 0.29) is 43.6 Å². The van der Waals surface area contributed by atoms with E-state index in [0.717, 1.165) is 11.4 Å². The van der Waals surface area contributed by atoms with Crippen molar-refractivity contribution < 1.29 is 37.5 Å². The Morgan fingerprint density at radius 2 is 2.12 bits per heavy atom. The topological polar surface area (TPSA) is 63.5 Å². The Hall–Kier alpha value is 0.584. The molecule has 1 aromatic heterocycles. The van der Waals surface area contributed by atoms with Crippen molar-refractivity contribution in [3.05, 3.63) is 30.5 Å². The van der Waals surface area contributed by atoms with E-state index in [1.54, 1.807) is 27.8 Å². The molecule has 3 nitrogen and oxygen atoms in total. The Labute approximate surface area is 136 Å². The summed E-state index contributed by atoms with van der Waals surface area (Å²) in [6.07, 6.45) is 5.07. The van der Waals surface area contributed by atoms with Crippen LogP contribution in [0.25, 0.3) is 6.15 Å². The SMILES string of the molecule is CC(C)(CC[C-]=O)SSc1ccccn1.[NH2-].[Y+3]. The van der Waals surface area contributed by atoms with Crippen LogP contribution in [0.2, 0.25) is 0 Å². The molecule has 0 aliphatic rings.